The molecule has 1 N–H and O–H groups in total. The van der Waals surface area contributed by atoms with Gasteiger partial charge in [-0.25, -0.2) is 22.6 Å². The number of imidazole rings is 1. The Kier molecular flexibility index (Phi) is 6.80. The zero-order valence-corrected chi connectivity index (χ0v) is 18.5. The van der Waals surface area contributed by atoms with E-state index in [-0.39, 0.29) is 23.0 Å². The third-order valence-corrected chi connectivity index (χ3v) is 6.62. The molecule has 1 aliphatic carbocycles. The first-order valence-electron chi connectivity index (χ1n) is 10.3. The minimum Gasteiger partial charge on any atom is -0.338 e. The fraction of sp³-hybridized carbons (Fsp3) is 0.524. The smallest absolute Gasteiger partial charge is 0.317 e. The fourth-order valence-electron chi connectivity index (χ4n) is 3.43. The largest absolute Gasteiger partial charge is 0.338 e. The van der Waals surface area contributed by atoms with Gasteiger partial charge in [0.25, 0.3) is 0 Å². The Morgan fingerprint density at radius 3 is 2.53 bits per heavy atom. The van der Waals surface area contributed by atoms with Crippen molar-refractivity contribution in [3.8, 4) is 0 Å². The lowest BCUT2D eigenvalue weighted by Crippen LogP contribution is -2.41. The Morgan fingerprint density at radius 1 is 1.30 bits per heavy atom. The number of rotatable bonds is 9. The van der Waals surface area contributed by atoms with Gasteiger partial charge in [-0.1, -0.05) is 12.1 Å². The molecule has 3 rings (SSSR count). The Bertz CT molecular complexity index is 982. The topological polar surface area (TPSA) is 84.3 Å². The Balaban J connectivity index is 1.88. The molecule has 0 atom stereocenters. The average molecular weight is 437 g/mol. The van der Waals surface area contributed by atoms with Crippen molar-refractivity contribution in [1.29, 1.82) is 0 Å². The van der Waals surface area contributed by atoms with Gasteiger partial charge in [-0.3, -0.25) is 0 Å². The summed E-state index contributed by atoms with van der Waals surface area (Å²) in [5.74, 6) is -0.175. The summed E-state index contributed by atoms with van der Waals surface area (Å²) in [5, 5.41) is 2.80. The van der Waals surface area contributed by atoms with E-state index in [9.17, 15) is 17.6 Å². The van der Waals surface area contributed by atoms with E-state index in [0.717, 1.165) is 12.8 Å². The van der Waals surface area contributed by atoms with Crippen LogP contribution < -0.4 is 5.32 Å². The standard InChI is InChI=1S/C21H29FN4O3S/c1-4-23-20(27)25(12-16-5-6-16)13-19-11-24-21(26(19)15(2)3)30(28,29)14-17-7-9-18(22)10-8-17/h7-11,15-16H,4-6,12-14H2,1-3H3,(H,23,27). The van der Waals surface area contributed by atoms with E-state index in [1.807, 2.05) is 20.8 Å². The molecule has 0 spiro atoms. The number of sulfone groups is 1. The number of amides is 2. The first kappa shape index (κ1) is 22.3. The lowest BCUT2D eigenvalue weighted by molar-refractivity contribution is 0.191. The molecule has 7 nitrogen and oxygen atoms in total. The molecule has 0 unspecified atom stereocenters. The van der Waals surface area contributed by atoms with Crippen molar-refractivity contribution in [2.75, 3.05) is 13.1 Å². The van der Waals surface area contributed by atoms with E-state index in [2.05, 4.69) is 10.3 Å². The first-order chi connectivity index (χ1) is 14.2. The molecule has 164 valence electrons. The Labute approximate surface area is 177 Å². The van der Waals surface area contributed by atoms with Crippen LogP contribution in [0.4, 0.5) is 9.18 Å². The van der Waals surface area contributed by atoms with Crippen molar-refractivity contribution in [2.24, 2.45) is 5.92 Å². The van der Waals surface area contributed by atoms with Gasteiger partial charge in [0.05, 0.1) is 24.2 Å². The monoisotopic (exact) mass is 436 g/mol. The third-order valence-electron chi connectivity index (χ3n) is 5.05. The molecule has 1 heterocycles. The summed E-state index contributed by atoms with van der Waals surface area (Å²) in [7, 11) is -3.75. The zero-order valence-electron chi connectivity index (χ0n) is 17.6. The molecule has 1 fully saturated rings. The highest BCUT2D eigenvalue weighted by Crippen LogP contribution is 2.31. The Morgan fingerprint density at radius 2 is 1.97 bits per heavy atom. The minimum absolute atomic E-state index is 0.0286. The summed E-state index contributed by atoms with van der Waals surface area (Å²) < 4.78 is 41.0. The summed E-state index contributed by atoms with van der Waals surface area (Å²) in [6, 6.07) is 5.10. The van der Waals surface area contributed by atoms with Crippen LogP contribution >= 0.6 is 0 Å². The first-order valence-corrected chi connectivity index (χ1v) is 11.9. The fourth-order valence-corrected chi connectivity index (χ4v) is 5.03. The molecule has 1 aliphatic rings. The number of halogens is 1. The van der Waals surface area contributed by atoms with Gasteiger partial charge in [-0.15, -0.1) is 0 Å². The highest BCUT2D eigenvalue weighted by Gasteiger charge is 2.30. The van der Waals surface area contributed by atoms with Crippen LogP contribution in [0.25, 0.3) is 0 Å². The van der Waals surface area contributed by atoms with Crippen molar-refractivity contribution in [1.82, 2.24) is 19.8 Å². The number of aromatic nitrogens is 2. The van der Waals surface area contributed by atoms with Gasteiger partial charge < -0.3 is 14.8 Å². The summed E-state index contributed by atoms with van der Waals surface area (Å²) in [5.41, 5.74) is 1.17. The van der Waals surface area contributed by atoms with Crippen LogP contribution in [-0.4, -0.2) is 42.0 Å². The second-order valence-electron chi connectivity index (χ2n) is 8.04. The van der Waals surface area contributed by atoms with Crippen LogP contribution in [0.2, 0.25) is 0 Å². The quantitative estimate of drug-likeness (QED) is 0.652. The van der Waals surface area contributed by atoms with Crippen molar-refractivity contribution in [3.63, 3.8) is 0 Å². The van der Waals surface area contributed by atoms with E-state index in [1.165, 1.54) is 30.5 Å². The molecule has 2 aromatic rings. The number of benzene rings is 1. The van der Waals surface area contributed by atoms with Gasteiger partial charge in [0.15, 0.2) is 0 Å². The number of hydrogen-bond acceptors (Lipinski definition) is 4. The number of carbonyl (C=O) groups excluding carboxylic acids is 1. The molecule has 0 aliphatic heterocycles. The summed E-state index contributed by atoms with van der Waals surface area (Å²) >= 11 is 0. The minimum atomic E-state index is -3.75. The maximum absolute atomic E-state index is 13.1. The molecular formula is C21H29FN4O3S. The number of carbonyl (C=O) groups is 1. The van der Waals surface area contributed by atoms with Gasteiger partial charge in [-0.2, -0.15) is 0 Å². The van der Waals surface area contributed by atoms with Gasteiger partial charge in [0.2, 0.25) is 15.0 Å². The summed E-state index contributed by atoms with van der Waals surface area (Å²) in [4.78, 5) is 18.4. The van der Waals surface area contributed by atoms with Gasteiger partial charge in [-0.05, 0) is 57.2 Å². The predicted molar refractivity (Wildman–Crippen MR) is 112 cm³/mol. The lowest BCUT2D eigenvalue weighted by atomic mass is 10.2. The van der Waals surface area contributed by atoms with Gasteiger partial charge in [0.1, 0.15) is 5.82 Å². The normalized spacial score (nSPS) is 14.2. The predicted octanol–water partition coefficient (Wildman–Crippen LogP) is 3.52. The average Bonchev–Trinajstić information content (AvgIpc) is 3.38. The highest BCUT2D eigenvalue weighted by atomic mass is 32.2. The molecule has 0 radical (unpaired) electrons. The van der Waals surface area contributed by atoms with E-state index in [0.29, 0.717) is 36.8 Å². The zero-order chi connectivity index (χ0) is 21.9. The molecule has 0 saturated heterocycles. The van der Waals surface area contributed by atoms with Crippen LogP contribution in [0.1, 0.15) is 50.9 Å². The number of hydrogen-bond donors (Lipinski definition) is 1. The number of nitrogens with zero attached hydrogens (tertiary/aromatic N) is 3. The highest BCUT2D eigenvalue weighted by molar-refractivity contribution is 7.90. The van der Waals surface area contributed by atoms with Crippen molar-refractivity contribution < 1.29 is 17.6 Å². The van der Waals surface area contributed by atoms with E-state index in [4.69, 9.17) is 0 Å². The number of nitrogens with one attached hydrogen (secondary N) is 1. The van der Waals surface area contributed by atoms with Crippen molar-refractivity contribution in [2.45, 2.75) is 57.1 Å². The molecule has 9 heteroatoms. The molecule has 0 bridgehead atoms. The molecule has 30 heavy (non-hydrogen) atoms. The van der Waals surface area contributed by atoms with Crippen LogP contribution in [0.15, 0.2) is 35.6 Å². The van der Waals surface area contributed by atoms with Gasteiger partial charge >= 0.3 is 6.03 Å². The van der Waals surface area contributed by atoms with Crippen LogP contribution in [0.3, 0.4) is 0 Å². The van der Waals surface area contributed by atoms with Crippen molar-refractivity contribution >= 4 is 15.9 Å². The Hall–Kier alpha value is -2.42. The van der Waals surface area contributed by atoms with E-state index in [1.54, 1.807) is 9.47 Å². The molecule has 1 saturated carbocycles. The third kappa shape index (κ3) is 5.38. The maximum Gasteiger partial charge on any atom is 0.317 e. The second kappa shape index (κ2) is 9.16. The van der Waals surface area contributed by atoms with Crippen LogP contribution in [0, 0.1) is 11.7 Å². The van der Waals surface area contributed by atoms with E-state index < -0.39 is 15.7 Å². The lowest BCUT2D eigenvalue weighted by Gasteiger charge is -2.24. The van der Waals surface area contributed by atoms with Gasteiger partial charge in [0, 0.05) is 19.1 Å². The SMILES string of the molecule is CCNC(=O)N(Cc1cnc(S(=O)(=O)Cc2ccc(F)cc2)n1C(C)C)CC1CC1. The molecular weight excluding hydrogens is 407 g/mol. The molecule has 2 amide bonds. The number of urea groups is 1. The summed E-state index contributed by atoms with van der Waals surface area (Å²) in [6.45, 7) is 7.11. The van der Waals surface area contributed by atoms with Crippen LogP contribution in [-0.2, 0) is 22.1 Å². The maximum atomic E-state index is 13.1. The molecule has 1 aromatic heterocycles. The van der Waals surface area contributed by atoms with E-state index >= 15 is 0 Å². The second-order valence-corrected chi connectivity index (χ2v) is 9.92. The summed E-state index contributed by atoms with van der Waals surface area (Å²) in [6.07, 6.45) is 3.75. The van der Waals surface area contributed by atoms with Crippen molar-refractivity contribution in [3.05, 3.63) is 47.5 Å². The molecule has 1 aromatic carbocycles. The van der Waals surface area contributed by atoms with Crippen LogP contribution in [0.5, 0.6) is 0 Å².